The zero-order chi connectivity index (χ0) is 13.7. The van der Waals surface area contributed by atoms with Gasteiger partial charge in [-0.2, -0.15) is 5.11 Å². The Morgan fingerprint density at radius 2 is 1.63 bits per heavy atom. The molecule has 0 aliphatic carbocycles. The summed E-state index contributed by atoms with van der Waals surface area (Å²) in [7, 11) is 3.93. The fourth-order valence-corrected chi connectivity index (χ4v) is 1.66. The summed E-state index contributed by atoms with van der Waals surface area (Å²) < 4.78 is 0. The van der Waals surface area contributed by atoms with E-state index in [1.807, 2.05) is 43.3 Å². The smallest absolute Gasteiger partial charge is 0.150 e. The van der Waals surface area contributed by atoms with Gasteiger partial charge in [-0.25, -0.2) is 0 Å². The minimum absolute atomic E-state index is 0.632. The molecule has 2 aromatic carbocycles. The van der Waals surface area contributed by atoms with Crippen LogP contribution in [0.4, 0.5) is 17.1 Å². The molecule has 0 saturated heterocycles. The van der Waals surface area contributed by atoms with Crippen molar-refractivity contribution in [2.24, 2.45) is 10.2 Å². The summed E-state index contributed by atoms with van der Waals surface area (Å²) in [5, 5.41) is 8.43. The number of rotatable bonds is 4. The van der Waals surface area contributed by atoms with Gasteiger partial charge in [0.15, 0.2) is 0 Å². The lowest BCUT2D eigenvalue weighted by molar-refractivity contribution is 0.112. The number of para-hydroxylation sites is 1. The summed E-state index contributed by atoms with van der Waals surface area (Å²) in [4.78, 5) is 12.5. The third-order valence-electron chi connectivity index (χ3n) is 2.67. The van der Waals surface area contributed by atoms with Crippen LogP contribution in [0.25, 0.3) is 0 Å². The molecule has 2 rings (SSSR count). The van der Waals surface area contributed by atoms with Crippen LogP contribution in [0.2, 0.25) is 0 Å². The highest BCUT2D eigenvalue weighted by molar-refractivity contribution is 5.75. The Morgan fingerprint density at radius 1 is 0.947 bits per heavy atom. The predicted octanol–water partition coefficient (Wildman–Crippen LogP) is 3.98. The molecular weight excluding hydrogens is 238 g/mol. The van der Waals surface area contributed by atoms with Crippen molar-refractivity contribution in [3.05, 3.63) is 54.1 Å². The van der Waals surface area contributed by atoms with Crippen LogP contribution in [0, 0.1) is 0 Å². The van der Waals surface area contributed by atoms with Gasteiger partial charge in [-0.3, -0.25) is 4.79 Å². The molecule has 2 aromatic rings. The molecule has 0 saturated carbocycles. The van der Waals surface area contributed by atoms with Crippen molar-refractivity contribution < 1.29 is 4.79 Å². The van der Waals surface area contributed by atoms with Crippen LogP contribution in [0.1, 0.15) is 10.4 Å². The number of aldehydes is 1. The van der Waals surface area contributed by atoms with Crippen LogP contribution in [0.3, 0.4) is 0 Å². The molecule has 19 heavy (non-hydrogen) atoms. The van der Waals surface area contributed by atoms with Gasteiger partial charge in [0.1, 0.15) is 12.0 Å². The van der Waals surface area contributed by atoms with Gasteiger partial charge in [-0.1, -0.05) is 12.1 Å². The Bertz CT molecular complexity index is 589. The largest absolute Gasteiger partial charge is 0.376 e. The van der Waals surface area contributed by atoms with Crippen molar-refractivity contribution in [1.82, 2.24) is 0 Å². The number of benzene rings is 2. The van der Waals surface area contributed by atoms with E-state index in [9.17, 15) is 4.79 Å². The van der Waals surface area contributed by atoms with Crippen molar-refractivity contribution >= 4 is 23.3 Å². The Labute approximate surface area is 112 Å². The van der Waals surface area contributed by atoms with E-state index in [1.165, 1.54) is 0 Å². The van der Waals surface area contributed by atoms with E-state index in [0.29, 0.717) is 5.56 Å². The summed E-state index contributed by atoms with van der Waals surface area (Å²) in [5.41, 5.74) is 3.18. The normalized spacial score (nSPS) is 10.6. The molecule has 0 aliphatic rings. The van der Waals surface area contributed by atoms with Gasteiger partial charge in [0.25, 0.3) is 0 Å². The van der Waals surface area contributed by atoms with Gasteiger partial charge in [0.2, 0.25) is 0 Å². The molecule has 0 heterocycles. The average molecular weight is 253 g/mol. The minimum Gasteiger partial charge on any atom is -0.376 e. The van der Waals surface area contributed by atoms with Gasteiger partial charge in [-0.05, 0) is 36.4 Å². The summed E-state index contributed by atoms with van der Waals surface area (Å²) in [6.07, 6.45) is 0.808. The summed E-state index contributed by atoms with van der Waals surface area (Å²) >= 11 is 0. The van der Waals surface area contributed by atoms with Gasteiger partial charge in [0.05, 0.1) is 11.4 Å². The summed E-state index contributed by atoms with van der Waals surface area (Å²) in [5.74, 6) is 0. The first-order valence-corrected chi connectivity index (χ1v) is 5.94. The molecule has 0 amide bonds. The van der Waals surface area contributed by atoms with Crippen LogP contribution in [0.5, 0.6) is 0 Å². The van der Waals surface area contributed by atoms with Crippen LogP contribution >= 0.6 is 0 Å². The summed E-state index contributed by atoms with van der Waals surface area (Å²) in [6.45, 7) is 0. The molecule has 0 bridgehead atoms. The number of anilines is 1. The van der Waals surface area contributed by atoms with Gasteiger partial charge in [-0.15, -0.1) is 5.11 Å². The van der Waals surface area contributed by atoms with E-state index in [4.69, 9.17) is 0 Å². The number of azo groups is 1. The van der Waals surface area contributed by atoms with E-state index >= 15 is 0 Å². The number of carbonyl (C=O) groups excluding carboxylic acids is 1. The van der Waals surface area contributed by atoms with Crippen molar-refractivity contribution in [1.29, 1.82) is 0 Å². The zero-order valence-corrected chi connectivity index (χ0v) is 10.9. The minimum atomic E-state index is 0.632. The summed E-state index contributed by atoms with van der Waals surface area (Å²) in [6, 6.07) is 14.8. The molecule has 0 aromatic heterocycles. The molecule has 0 N–H and O–H groups in total. The lowest BCUT2D eigenvalue weighted by Gasteiger charge is -2.13. The van der Waals surface area contributed by atoms with Crippen LogP contribution < -0.4 is 4.90 Å². The van der Waals surface area contributed by atoms with Gasteiger partial charge in [0, 0.05) is 19.7 Å². The first kappa shape index (κ1) is 13.0. The molecule has 96 valence electrons. The molecule has 0 atom stereocenters. The highest BCUT2D eigenvalue weighted by atomic mass is 16.1. The van der Waals surface area contributed by atoms with Crippen LogP contribution in [0.15, 0.2) is 58.8 Å². The standard InChI is InChI=1S/C15H15N3O/c1-18(2)15-6-4-3-5-14(15)17-16-13-9-7-12(11-19)8-10-13/h3-11H,1-2H3. The van der Waals surface area contributed by atoms with Gasteiger partial charge < -0.3 is 4.90 Å². The number of hydrogen-bond acceptors (Lipinski definition) is 4. The molecule has 4 nitrogen and oxygen atoms in total. The molecule has 0 fully saturated rings. The molecule has 0 aliphatic heterocycles. The maximum atomic E-state index is 10.6. The Kier molecular flexibility index (Phi) is 4.03. The first-order valence-electron chi connectivity index (χ1n) is 5.94. The maximum Gasteiger partial charge on any atom is 0.150 e. The molecular formula is C15H15N3O. The van der Waals surface area contributed by atoms with Crippen LogP contribution in [-0.2, 0) is 0 Å². The lowest BCUT2D eigenvalue weighted by Crippen LogP contribution is -2.08. The second-order valence-corrected chi connectivity index (χ2v) is 4.29. The molecule has 0 unspecified atom stereocenters. The van der Waals surface area contributed by atoms with Crippen molar-refractivity contribution in [3.8, 4) is 0 Å². The number of carbonyl (C=O) groups is 1. The van der Waals surface area contributed by atoms with E-state index in [-0.39, 0.29) is 0 Å². The second-order valence-electron chi connectivity index (χ2n) is 4.29. The topological polar surface area (TPSA) is 45.0 Å². The SMILES string of the molecule is CN(C)c1ccccc1N=Nc1ccc(C=O)cc1. The third kappa shape index (κ3) is 3.25. The Hall–Kier alpha value is -2.49. The number of nitrogens with zero attached hydrogens (tertiary/aromatic N) is 3. The van der Waals surface area contributed by atoms with E-state index in [0.717, 1.165) is 23.3 Å². The van der Waals surface area contributed by atoms with Gasteiger partial charge >= 0.3 is 0 Å². The maximum absolute atomic E-state index is 10.6. The Morgan fingerprint density at radius 3 is 2.26 bits per heavy atom. The van der Waals surface area contributed by atoms with Crippen molar-refractivity contribution in [2.45, 2.75) is 0 Å². The molecule has 0 spiro atoms. The molecule has 0 radical (unpaired) electrons. The highest BCUT2D eigenvalue weighted by Gasteiger charge is 2.01. The van der Waals surface area contributed by atoms with Crippen molar-refractivity contribution in [2.75, 3.05) is 19.0 Å². The fourth-order valence-electron chi connectivity index (χ4n) is 1.66. The number of hydrogen-bond donors (Lipinski definition) is 0. The lowest BCUT2D eigenvalue weighted by atomic mass is 10.2. The third-order valence-corrected chi connectivity index (χ3v) is 2.67. The fraction of sp³-hybridized carbons (Fsp3) is 0.133. The van der Waals surface area contributed by atoms with E-state index in [2.05, 4.69) is 10.2 Å². The Balaban J connectivity index is 2.24. The van der Waals surface area contributed by atoms with Crippen LogP contribution in [-0.4, -0.2) is 20.4 Å². The quantitative estimate of drug-likeness (QED) is 0.611. The monoisotopic (exact) mass is 253 g/mol. The average Bonchev–Trinajstić information content (AvgIpc) is 2.46. The first-order chi connectivity index (χ1) is 9.20. The van der Waals surface area contributed by atoms with Crippen molar-refractivity contribution in [3.63, 3.8) is 0 Å². The zero-order valence-electron chi connectivity index (χ0n) is 10.9. The second kappa shape index (κ2) is 5.91. The van der Waals surface area contributed by atoms with E-state index in [1.54, 1.807) is 24.3 Å². The van der Waals surface area contributed by atoms with E-state index < -0.39 is 0 Å². The molecule has 4 heteroatoms. The highest BCUT2D eigenvalue weighted by Crippen LogP contribution is 2.28. The predicted molar refractivity (Wildman–Crippen MR) is 76.8 cm³/mol.